The van der Waals surface area contributed by atoms with Gasteiger partial charge in [0, 0.05) is 43.9 Å². The monoisotopic (exact) mass is 529 g/mol. The Hall–Kier alpha value is -3.55. The number of alkyl halides is 4. The molecule has 2 aromatic heterocycles. The van der Waals surface area contributed by atoms with Crippen LogP contribution in [0.4, 0.5) is 27.6 Å². The molecule has 0 aromatic carbocycles. The van der Waals surface area contributed by atoms with Gasteiger partial charge in [-0.25, -0.2) is 22.0 Å². The van der Waals surface area contributed by atoms with Crippen LogP contribution in [0, 0.1) is 12.7 Å². The third kappa shape index (κ3) is 4.54. The smallest absolute Gasteiger partial charge is 0.283 e. The van der Waals surface area contributed by atoms with E-state index in [1.807, 2.05) is 0 Å². The van der Waals surface area contributed by atoms with Crippen molar-refractivity contribution in [2.45, 2.75) is 63.1 Å². The van der Waals surface area contributed by atoms with Gasteiger partial charge in [-0.2, -0.15) is 0 Å². The van der Waals surface area contributed by atoms with Crippen LogP contribution in [0.3, 0.4) is 0 Å². The fourth-order valence-corrected chi connectivity index (χ4v) is 5.11. The van der Waals surface area contributed by atoms with Gasteiger partial charge in [-0.05, 0) is 31.4 Å². The first-order valence-electron chi connectivity index (χ1n) is 11.4. The maximum atomic E-state index is 14.4. The number of pyridine rings is 1. The maximum Gasteiger partial charge on any atom is 0.283 e. The molecule has 0 saturated heterocycles. The number of carbonyl (C=O) groups excluding carboxylic acids is 3. The van der Waals surface area contributed by atoms with Crippen LogP contribution >= 0.6 is 0 Å². The van der Waals surface area contributed by atoms with Gasteiger partial charge in [0.05, 0.1) is 5.69 Å². The van der Waals surface area contributed by atoms with Crippen molar-refractivity contribution in [2.24, 2.45) is 0 Å². The van der Waals surface area contributed by atoms with Crippen LogP contribution in [0.25, 0.3) is 0 Å². The molecule has 3 heterocycles. The minimum Gasteiger partial charge on any atom is -0.378 e. The second-order valence-electron chi connectivity index (χ2n) is 9.16. The van der Waals surface area contributed by atoms with Gasteiger partial charge < -0.3 is 25.6 Å². The molecule has 4 rings (SSSR count). The Morgan fingerprint density at radius 3 is 2.49 bits per heavy atom. The third-order valence-corrected chi connectivity index (χ3v) is 6.71. The van der Waals surface area contributed by atoms with Gasteiger partial charge in [-0.1, -0.05) is 0 Å². The van der Waals surface area contributed by atoms with E-state index in [0.717, 1.165) is 12.3 Å². The van der Waals surface area contributed by atoms with Gasteiger partial charge in [0.25, 0.3) is 24.2 Å². The van der Waals surface area contributed by atoms with E-state index in [1.54, 1.807) is 0 Å². The Labute approximate surface area is 207 Å². The molecule has 1 atom stereocenters. The summed E-state index contributed by atoms with van der Waals surface area (Å²) in [5.74, 6) is -7.36. The van der Waals surface area contributed by atoms with Crippen LogP contribution in [0.15, 0.2) is 12.3 Å². The summed E-state index contributed by atoms with van der Waals surface area (Å²) >= 11 is 0. The summed E-state index contributed by atoms with van der Waals surface area (Å²) in [6, 6.07) is 1.01. The van der Waals surface area contributed by atoms with Crippen molar-refractivity contribution in [3.63, 3.8) is 0 Å². The molecule has 1 fully saturated rings. The molecule has 1 saturated carbocycles. The third-order valence-electron chi connectivity index (χ3n) is 6.71. The predicted octanol–water partition coefficient (Wildman–Crippen LogP) is 2.53. The summed E-state index contributed by atoms with van der Waals surface area (Å²) in [6.45, 7) is 1.76. The molecule has 2 aromatic rings. The number of anilines is 1. The molecule has 14 heteroatoms. The van der Waals surface area contributed by atoms with E-state index in [9.17, 15) is 41.4 Å². The lowest BCUT2D eigenvalue weighted by Gasteiger charge is -2.46. The zero-order valence-corrected chi connectivity index (χ0v) is 19.8. The number of aliphatic hydroxyl groups excluding tert-OH is 1. The zero-order valence-electron chi connectivity index (χ0n) is 19.8. The number of fused-ring (bicyclic) bond motifs is 1. The van der Waals surface area contributed by atoms with E-state index < -0.39 is 71.8 Å². The van der Waals surface area contributed by atoms with Crippen LogP contribution in [0.1, 0.15) is 64.8 Å². The van der Waals surface area contributed by atoms with Crippen molar-refractivity contribution in [1.82, 2.24) is 20.2 Å². The summed E-state index contributed by atoms with van der Waals surface area (Å²) in [5.41, 5.74) is -2.93. The number of aromatic nitrogens is 2. The minimum atomic E-state index is -3.20. The fraction of sp³-hybridized carbons (Fsp3) is 0.478. The highest BCUT2D eigenvalue weighted by molar-refractivity contribution is 6.05. The maximum absolute atomic E-state index is 14.4. The summed E-state index contributed by atoms with van der Waals surface area (Å²) in [7, 11) is 1.23. The van der Waals surface area contributed by atoms with Gasteiger partial charge in [0.15, 0.2) is 11.9 Å². The average Bonchev–Trinajstić information content (AvgIpc) is 3.37. The largest absolute Gasteiger partial charge is 0.378 e. The average molecular weight is 529 g/mol. The number of hydrogen-bond acceptors (Lipinski definition) is 5. The summed E-state index contributed by atoms with van der Waals surface area (Å²) in [5, 5.41) is 17.6. The normalized spacial score (nSPS) is 18.1. The molecule has 37 heavy (non-hydrogen) atoms. The Morgan fingerprint density at radius 1 is 1.22 bits per heavy atom. The number of halogens is 5. The van der Waals surface area contributed by atoms with E-state index in [1.165, 1.54) is 18.5 Å². The van der Waals surface area contributed by atoms with E-state index in [2.05, 4.69) is 20.9 Å². The molecule has 3 amide bonds. The van der Waals surface area contributed by atoms with Crippen LogP contribution in [-0.4, -0.2) is 50.9 Å². The number of likely N-dealkylation sites (N-methyl/N-ethyl adjacent to an activating group) is 1. The highest BCUT2D eigenvalue weighted by Crippen LogP contribution is 2.46. The summed E-state index contributed by atoms with van der Waals surface area (Å²) in [6.07, 6.45) is -5.14. The molecule has 200 valence electrons. The topological polar surface area (TPSA) is 125 Å². The van der Waals surface area contributed by atoms with Crippen molar-refractivity contribution in [2.75, 3.05) is 12.4 Å². The van der Waals surface area contributed by atoms with Gasteiger partial charge in [0.2, 0.25) is 5.91 Å². The van der Waals surface area contributed by atoms with Crippen molar-refractivity contribution in [1.29, 1.82) is 0 Å². The standard InChI is InChI=1S/C23H24F5N5O4/c1-10-13(17(34)20(36)32-22(21(37)29-2)8-23(27,28)9-22)12-4-3-7-33(12)16(10)19(35)31-11-5-6-30-15(14(11)24)18(25)26/h5-6,17-18,34H,3-4,7-9H2,1-2H3,(H,29,37)(H,32,36)(H,30,31,35). The number of carbonyl (C=O) groups is 3. The summed E-state index contributed by atoms with van der Waals surface area (Å²) < 4.78 is 69.1. The molecule has 0 radical (unpaired) electrons. The molecule has 2 aliphatic rings. The van der Waals surface area contributed by atoms with Crippen molar-refractivity contribution >= 4 is 23.4 Å². The molecule has 9 nitrogen and oxygen atoms in total. The number of amides is 3. The molecule has 1 aliphatic carbocycles. The Morgan fingerprint density at radius 2 is 1.89 bits per heavy atom. The molecule has 0 spiro atoms. The minimum absolute atomic E-state index is 0.0275. The highest BCUT2D eigenvalue weighted by Gasteiger charge is 2.62. The number of nitrogens with one attached hydrogen (secondary N) is 3. The fourth-order valence-electron chi connectivity index (χ4n) is 5.11. The van der Waals surface area contributed by atoms with Crippen LogP contribution in [-0.2, 0) is 22.6 Å². The van der Waals surface area contributed by atoms with Gasteiger partial charge >= 0.3 is 0 Å². The second kappa shape index (κ2) is 9.39. The van der Waals surface area contributed by atoms with E-state index in [4.69, 9.17) is 0 Å². The Balaban J connectivity index is 1.63. The van der Waals surface area contributed by atoms with E-state index in [-0.39, 0.29) is 16.8 Å². The van der Waals surface area contributed by atoms with Crippen LogP contribution in [0.5, 0.6) is 0 Å². The lowest BCUT2D eigenvalue weighted by molar-refractivity contribution is -0.167. The molecular formula is C23H24F5N5O4. The predicted molar refractivity (Wildman–Crippen MR) is 119 cm³/mol. The van der Waals surface area contributed by atoms with E-state index >= 15 is 0 Å². The quantitative estimate of drug-likeness (QED) is 0.411. The zero-order chi connectivity index (χ0) is 27.3. The SMILES string of the molecule is CNC(=O)C1(NC(=O)C(O)c2c(C)c(C(=O)Nc3ccnc(C(F)F)c3F)n3c2CCC3)CC(F)(F)C1. The Bertz CT molecular complexity index is 1270. The Kier molecular flexibility index (Phi) is 6.73. The van der Waals surface area contributed by atoms with Crippen molar-refractivity contribution in [3.05, 3.63) is 46.3 Å². The molecule has 0 bridgehead atoms. The lowest BCUT2D eigenvalue weighted by atomic mass is 9.72. The van der Waals surface area contributed by atoms with E-state index in [0.29, 0.717) is 25.1 Å². The number of aliphatic hydroxyl groups is 1. The second-order valence-corrected chi connectivity index (χ2v) is 9.16. The van der Waals surface area contributed by atoms with Crippen LogP contribution < -0.4 is 16.0 Å². The number of nitrogens with zero attached hydrogens (tertiary/aromatic N) is 2. The van der Waals surface area contributed by atoms with Gasteiger partial charge in [-0.3, -0.25) is 19.4 Å². The van der Waals surface area contributed by atoms with Gasteiger partial charge in [0.1, 0.15) is 16.9 Å². The molecular weight excluding hydrogens is 505 g/mol. The number of rotatable bonds is 7. The first kappa shape index (κ1) is 26.5. The molecule has 1 aliphatic heterocycles. The van der Waals surface area contributed by atoms with Crippen LogP contribution in [0.2, 0.25) is 0 Å². The number of hydrogen-bond donors (Lipinski definition) is 4. The van der Waals surface area contributed by atoms with Crippen molar-refractivity contribution < 1.29 is 41.4 Å². The first-order chi connectivity index (χ1) is 17.3. The summed E-state index contributed by atoms with van der Waals surface area (Å²) in [4.78, 5) is 41.5. The van der Waals surface area contributed by atoms with Crippen molar-refractivity contribution in [3.8, 4) is 0 Å². The molecule has 1 unspecified atom stereocenters. The first-order valence-corrected chi connectivity index (χ1v) is 11.4. The highest BCUT2D eigenvalue weighted by atomic mass is 19.3. The lowest BCUT2D eigenvalue weighted by Crippen LogP contribution is -2.69. The van der Waals surface area contributed by atoms with Gasteiger partial charge in [-0.15, -0.1) is 0 Å². The molecule has 4 N–H and O–H groups in total.